The minimum atomic E-state index is -0.100. The first-order valence-electron chi connectivity index (χ1n) is 6.18. The molecular weight excluding hydrogens is 334 g/mol. The summed E-state index contributed by atoms with van der Waals surface area (Å²) >= 11 is 11.0. The zero-order valence-corrected chi connectivity index (χ0v) is 13.5. The summed E-state index contributed by atoms with van der Waals surface area (Å²) < 4.78 is 0. The van der Waals surface area contributed by atoms with Crippen LogP contribution in [-0.2, 0) is 0 Å². The summed E-state index contributed by atoms with van der Waals surface area (Å²) in [6.07, 6.45) is 4.41. The molecule has 5 heteroatoms. The molecule has 100 valence electrons. The molecule has 0 aromatic carbocycles. The minimum Gasteiger partial charge on any atom is -0.345 e. The SMILES string of the molecule is CC1CCC(CBr)(NC(=O)c2sccc2Cl)CC1. The van der Waals surface area contributed by atoms with Crippen LogP contribution < -0.4 is 5.32 Å². The van der Waals surface area contributed by atoms with Gasteiger partial charge < -0.3 is 5.32 Å². The van der Waals surface area contributed by atoms with E-state index < -0.39 is 0 Å². The first-order valence-corrected chi connectivity index (χ1v) is 8.56. The maximum atomic E-state index is 12.2. The fourth-order valence-corrected chi connectivity index (χ4v) is 4.10. The van der Waals surface area contributed by atoms with Crippen molar-refractivity contribution in [1.82, 2.24) is 5.32 Å². The van der Waals surface area contributed by atoms with Crippen LogP contribution in [0.1, 0.15) is 42.3 Å². The Balaban J connectivity index is 2.07. The Labute approximate surface area is 125 Å². The molecule has 0 aliphatic heterocycles. The van der Waals surface area contributed by atoms with Gasteiger partial charge in [-0.05, 0) is 43.0 Å². The fraction of sp³-hybridized carbons (Fsp3) is 0.615. The molecule has 0 saturated heterocycles. The molecular formula is C13H17BrClNOS. The summed E-state index contributed by atoms with van der Waals surface area (Å²) in [5.41, 5.74) is -0.100. The summed E-state index contributed by atoms with van der Waals surface area (Å²) in [4.78, 5) is 12.9. The molecule has 1 saturated carbocycles. The van der Waals surface area contributed by atoms with Gasteiger partial charge in [0.2, 0.25) is 0 Å². The summed E-state index contributed by atoms with van der Waals surface area (Å²) in [5, 5.41) is 6.39. The van der Waals surface area contributed by atoms with Gasteiger partial charge in [0.25, 0.3) is 5.91 Å². The molecule has 1 heterocycles. The predicted molar refractivity (Wildman–Crippen MR) is 81.0 cm³/mol. The van der Waals surface area contributed by atoms with Crippen LogP contribution in [0.25, 0.3) is 0 Å². The Morgan fingerprint density at radius 3 is 2.78 bits per heavy atom. The van der Waals surface area contributed by atoms with Crippen LogP contribution in [0.15, 0.2) is 11.4 Å². The van der Waals surface area contributed by atoms with Gasteiger partial charge in [0.05, 0.1) is 10.6 Å². The third kappa shape index (κ3) is 3.09. The van der Waals surface area contributed by atoms with Crippen LogP contribution in [-0.4, -0.2) is 16.8 Å². The van der Waals surface area contributed by atoms with Gasteiger partial charge in [-0.3, -0.25) is 4.79 Å². The topological polar surface area (TPSA) is 29.1 Å². The third-order valence-electron chi connectivity index (χ3n) is 3.69. The zero-order valence-electron chi connectivity index (χ0n) is 10.3. The molecule has 0 unspecified atom stereocenters. The number of carbonyl (C=O) groups excluding carboxylic acids is 1. The van der Waals surface area contributed by atoms with Crippen LogP contribution in [0.4, 0.5) is 0 Å². The molecule has 1 amide bonds. The van der Waals surface area contributed by atoms with Crippen LogP contribution >= 0.6 is 38.9 Å². The van der Waals surface area contributed by atoms with Gasteiger partial charge in [-0.2, -0.15) is 0 Å². The monoisotopic (exact) mass is 349 g/mol. The predicted octanol–water partition coefficient (Wildman–Crippen LogP) is 4.48. The number of hydrogen-bond acceptors (Lipinski definition) is 2. The lowest BCUT2D eigenvalue weighted by molar-refractivity contribution is 0.0879. The second kappa shape index (κ2) is 5.93. The van der Waals surface area contributed by atoms with Crippen LogP contribution in [0, 0.1) is 5.92 Å². The summed E-state index contributed by atoms with van der Waals surface area (Å²) in [7, 11) is 0. The fourth-order valence-electron chi connectivity index (χ4n) is 2.36. The number of hydrogen-bond donors (Lipinski definition) is 1. The largest absolute Gasteiger partial charge is 0.345 e. The highest BCUT2D eigenvalue weighted by Crippen LogP contribution is 2.34. The molecule has 0 bridgehead atoms. The molecule has 18 heavy (non-hydrogen) atoms. The minimum absolute atomic E-state index is 0.0380. The number of alkyl halides is 1. The number of thiophene rings is 1. The van der Waals surface area contributed by atoms with E-state index in [2.05, 4.69) is 28.2 Å². The maximum absolute atomic E-state index is 12.2. The van der Waals surface area contributed by atoms with Crippen LogP contribution in [0.3, 0.4) is 0 Å². The Morgan fingerprint density at radius 2 is 2.28 bits per heavy atom. The van der Waals surface area contributed by atoms with Gasteiger partial charge in [0.15, 0.2) is 0 Å². The van der Waals surface area contributed by atoms with E-state index in [4.69, 9.17) is 11.6 Å². The Morgan fingerprint density at radius 1 is 1.61 bits per heavy atom. The lowest BCUT2D eigenvalue weighted by atomic mass is 9.78. The highest BCUT2D eigenvalue weighted by atomic mass is 79.9. The van der Waals surface area contributed by atoms with Crippen molar-refractivity contribution in [2.45, 2.75) is 38.1 Å². The van der Waals surface area contributed by atoms with E-state index >= 15 is 0 Å². The van der Waals surface area contributed by atoms with E-state index in [1.807, 2.05) is 5.38 Å². The smallest absolute Gasteiger partial charge is 0.263 e. The van der Waals surface area contributed by atoms with Gasteiger partial charge in [-0.15, -0.1) is 11.3 Å². The first-order chi connectivity index (χ1) is 8.56. The number of nitrogens with one attached hydrogen (secondary N) is 1. The van der Waals surface area contributed by atoms with Crippen molar-refractivity contribution in [3.05, 3.63) is 21.3 Å². The molecule has 1 aliphatic rings. The van der Waals surface area contributed by atoms with Crippen molar-refractivity contribution >= 4 is 44.8 Å². The van der Waals surface area contributed by atoms with E-state index in [1.54, 1.807) is 6.07 Å². The van der Waals surface area contributed by atoms with E-state index in [0.29, 0.717) is 9.90 Å². The molecule has 1 fully saturated rings. The van der Waals surface area contributed by atoms with Crippen molar-refractivity contribution in [3.63, 3.8) is 0 Å². The lowest BCUT2D eigenvalue weighted by Crippen LogP contribution is -2.51. The molecule has 1 aromatic heterocycles. The van der Waals surface area contributed by atoms with Gasteiger partial charge in [0, 0.05) is 5.33 Å². The van der Waals surface area contributed by atoms with Crippen molar-refractivity contribution in [3.8, 4) is 0 Å². The number of carbonyl (C=O) groups is 1. The normalized spacial score (nSPS) is 28.1. The zero-order chi connectivity index (χ0) is 13.2. The lowest BCUT2D eigenvalue weighted by Gasteiger charge is -2.38. The van der Waals surface area contributed by atoms with Crippen molar-refractivity contribution in [2.75, 3.05) is 5.33 Å². The highest BCUT2D eigenvalue weighted by molar-refractivity contribution is 9.09. The van der Waals surface area contributed by atoms with Crippen LogP contribution in [0.2, 0.25) is 5.02 Å². The van der Waals surface area contributed by atoms with Crippen molar-refractivity contribution in [2.24, 2.45) is 5.92 Å². The molecule has 1 aromatic rings. The Kier molecular flexibility index (Phi) is 4.73. The van der Waals surface area contributed by atoms with E-state index in [9.17, 15) is 4.79 Å². The molecule has 2 rings (SSSR count). The molecule has 0 spiro atoms. The van der Waals surface area contributed by atoms with Crippen molar-refractivity contribution in [1.29, 1.82) is 0 Å². The second-order valence-corrected chi connectivity index (χ2v) is 7.03. The quantitative estimate of drug-likeness (QED) is 0.800. The Hall–Kier alpha value is -0.0600. The maximum Gasteiger partial charge on any atom is 0.263 e. The molecule has 1 aliphatic carbocycles. The molecule has 0 radical (unpaired) electrons. The van der Waals surface area contributed by atoms with Gasteiger partial charge >= 0.3 is 0 Å². The van der Waals surface area contributed by atoms with Gasteiger partial charge in [0.1, 0.15) is 4.88 Å². The van der Waals surface area contributed by atoms with Crippen molar-refractivity contribution < 1.29 is 4.79 Å². The summed E-state index contributed by atoms with van der Waals surface area (Å²) in [5.74, 6) is 0.725. The summed E-state index contributed by atoms with van der Waals surface area (Å²) in [6.45, 7) is 2.27. The second-order valence-electron chi connectivity index (χ2n) is 5.15. The average molecular weight is 351 g/mol. The number of rotatable bonds is 3. The van der Waals surface area contributed by atoms with Gasteiger partial charge in [-0.1, -0.05) is 34.5 Å². The standard InChI is InChI=1S/C13H17BrClNOS/c1-9-2-5-13(8-14,6-3-9)16-12(17)11-10(15)4-7-18-11/h4,7,9H,2-3,5-6,8H2,1H3,(H,16,17). The van der Waals surface area contributed by atoms with Crippen LogP contribution in [0.5, 0.6) is 0 Å². The highest BCUT2D eigenvalue weighted by Gasteiger charge is 2.35. The molecule has 2 nitrogen and oxygen atoms in total. The van der Waals surface area contributed by atoms with E-state index in [1.165, 1.54) is 24.2 Å². The number of halogens is 2. The third-order valence-corrected chi connectivity index (χ3v) is 6.10. The first kappa shape index (κ1) is 14.4. The number of amides is 1. The summed E-state index contributed by atoms with van der Waals surface area (Å²) in [6, 6.07) is 1.77. The van der Waals surface area contributed by atoms with E-state index in [-0.39, 0.29) is 11.4 Å². The Bertz CT molecular complexity index is 426. The molecule has 1 N–H and O–H groups in total. The van der Waals surface area contributed by atoms with Gasteiger partial charge in [-0.25, -0.2) is 0 Å². The van der Waals surface area contributed by atoms with E-state index in [0.717, 1.165) is 24.1 Å². The average Bonchev–Trinajstić information content (AvgIpc) is 2.79. The molecule has 0 atom stereocenters.